The summed E-state index contributed by atoms with van der Waals surface area (Å²) in [4.78, 5) is 14.7. The predicted molar refractivity (Wildman–Crippen MR) is 81.1 cm³/mol. The van der Waals surface area contributed by atoms with E-state index in [2.05, 4.69) is 4.98 Å². The molecule has 0 fully saturated rings. The van der Waals surface area contributed by atoms with Crippen LogP contribution in [0.25, 0.3) is 11.1 Å². The lowest BCUT2D eigenvalue weighted by atomic mass is 10.2. The number of benzene rings is 2. The molecule has 0 saturated carbocycles. The van der Waals surface area contributed by atoms with Gasteiger partial charge in [0.2, 0.25) is 0 Å². The Hall–Kier alpha value is -2.54. The van der Waals surface area contributed by atoms with E-state index < -0.39 is 4.92 Å². The molecule has 2 aromatic carbocycles. The highest BCUT2D eigenvalue weighted by Crippen LogP contribution is 2.29. The molecule has 3 rings (SSSR count). The van der Waals surface area contributed by atoms with Crippen LogP contribution in [0.5, 0.6) is 0 Å². The number of aromatic nitrogens is 1. The number of non-ortho nitro benzene ring substituents is 1. The molecule has 1 heterocycles. The second-order valence-electron chi connectivity index (χ2n) is 4.38. The normalized spacial score (nSPS) is 10.9. The van der Waals surface area contributed by atoms with Crippen molar-refractivity contribution in [1.82, 2.24) is 4.98 Å². The fourth-order valence-corrected chi connectivity index (χ4v) is 2.72. The first-order valence-corrected chi connectivity index (χ1v) is 7.13. The maximum absolute atomic E-state index is 10.8. The molecule has 0 aliphatic heterocycles. The second-order valence-corrected chi connectivity index (χ2v) is 5.30. The standard InChI is InChI=1S/C14H11N3O3S/c15-11-6-5-10(17(18)19)7-9(11)8-21-14-16-12-3-1-2-4-13(12)20-14/h1-7H,8,15H2. The van der Waals surface area contributed by atoms with Gasteiger partial charge in [-0.1, -0.05) is 23.9 Å². The zero-order valence-corrected chi connectivity index (χ0v) is 11.7. The Bertz CT molecular complexity index is 783. The molecule has 1 aromatic heterocycles. The summed E-state index contributed by atoms with van der Waals surface area (Å²) >= 11 is 1.35. The number of oxazole rings is 1. The number of thioether (sulfide) groups is 1. The average Bonchev–Trinajstić information content (AvgIpc) is 2.89. The smallest absolute Gasteiger partial charge is 0.269 e. The molecule has 0 radical (unpaired) electrons. The quantitative estimate of drug-likeness (QED) is 0.342. The van der Waals surface area contributed by atoms with Gasteiger partial charge in [0.05, 0.1) is 4.92 Å². The molecule has 0 aliphatic carbocycles. The van der Waals surface area contributed by atoms with Crippen LogP contribution in [-0.2, 0) is 5.75 Å². The van der Waals surface area contributed by atoms with Gasteiger partial charge in [-0.05, 0) is 23.8 Å². The highest BCUT2D eigenvalue weighted by molar-refractivity contribution is 7.98. The lowest BCUT2D eigenvalue weighted by Crippen LogP contribution is -1.95. The summed E-state index contributed by atoms with van der Waals surface area (Å²) < 4.78 is 5.58. The van der Waals surface area contributed by atoms with Crippen molar-refractivity contribution < 1.29 is 9.34 Å². The van der Waals surface area contributed by atoms with E-state index in [1.54, 1.807) is 6.07 Å². The van der Waals surface area contributed by atoms with Crippen molar-refractivity contribution >= 4 is 34.2 Å². The van der Waals surface area contributed by atoms with E-state index in [1.807, 2.05) is 24.3 Å². The van der Waals surface area contributed by atoms with Gasteiger partial charge < -0.3 is 10.2 Å². The highest BCUT2D eigenvalue weighted by Gasteiger charge is 2.11. The van der Waals surface area contributed by atoms with Crippen LogP contribution in [0.3, 0.4) is 0 Å². The number of fused-ring (bicyclic) bond motifs is 1. The van der Waals surface area contributed by atoms with Crippen molar-refractivity contribution in [2.24, 2.45) is 0 Å². The minimum Gasteiger partial charge on any atom is -0.431 e. The molecular formula is C14H11N3O3S. The van der Waals surface area contributed by atoms with Gasteiger partial charge in [0.15, 0.2) is 5.58 Å². The number of rotatable bonds is 4. The minimum absolute atomic E-state index is 0.0253. The number of nitro benzene ring substituents is 1. The maximum Gasteiger partial charge on any atom is 0.269 e. The number of nitrogen functional groups attached to an aromatic ring is 1. The molecular weight excluding hydrogens is 290 g/mol. The lowest BCUT2D eigenvalue weighted by molar-refractivity contribution is -0.384. The van der Waals surface area contributed by atoms with Crippen molar-refractivity contribution in [2.75, 3.05) is 5.73 Å². The Morgan fingerprint density at radius 1 is 1.29 bits per heavy atom. The molecule has 0 amide bonds. The Morgan fingerprint density at radius 2 is 2.10 bits per heavy atom. The molecule has 0 aliphatic rings. The van der Waals surface area contributed by atoms with Crippen LogP contribution in [-0.4, -0.2) is 9.91 Å². The fraction of sp³-hybridized carbons (Fsp3) is 0.0714. The Balaban J connectivity index is 1.80. The van der Waals surface area contributed by atoms with Crippen molar-refractivity contribution in [3.05, 3.63) is 58.1 Å². The second kappa shape index (κ2) is 5.45. The summed E-state index contributed by atoms with van der Waals surface area (Å²) in [5, 5.41) is 11.3. The Kier molecular flexibility index (Phi) is 3.49. The number of nitrogens with zero attached hydrogens (tertiary/aromatic N) is 2. The van der Waals surface area contributed by atoms with Crippen LogP contribution in [0.2, 0.25) is 0 Å². The van der Waals surface area contributed by atoms with Crippen LogP contribution in [0.4, 0.5) is 11.4 Å². The molecule has 6 nitrogen and oxygen atoms in total. The van der Waals surface area contributed by atoms with Gasteiger partial charge in [-0.25, -0.2) is 4.98 Å². The summed E-state index contributed by atoms with van der Waals surface area (Å²) in [6.45, 7) is 0. The zero-order chi connectivity index (χ0) is 14.8. The van der Waals surface area contributed by atoms with E-state index in [9.17, 15) is 10.1 Å². The van der Waals surface area contributed by atoms with Gasteiger partial charge >= 0.3 is 0 Å². The van der Waals surface area contributed by atoms with Crippen LogP contribution < -0.4 is 5.73 Å². The molecule has 0 bridgehead atoms. The number of para-hydroxylation sites is 2. The first-order valence-electron chi connectivity index (χ1n) is 6.14. The Labute approximate surface area is 124 Å². The number of nitro groups is 1. The van der Waals surface area contributed by atoms with Crippen LogP contribution >= 0.6 is 11.8 Å². The van der Waals surface area contributed by atoms with Crippen molar-refractivity contribution in [3.8, 4) is 0 Å². The first-order chi connectivity index (χ1) is 10.1. The van der Waals surface area contributed by atoms with Crippen LogP contribution in [0.1, 0.15) is 5.56 Å². The summed E-state index contributed by atoms with van der Waals surface area (Å²) in [5.41, 5.74) is 8.58. The van der Waals surface area contributed by atoms with E-state index in [-0.39, 0.29) is 5.69 Å². The molecule has 0 unspecified atom stereocenters. The Morgan fingerprint density at radius 3 is 2.86 bits per heavy atom. The maximum atomic E-state index is 10.8. The summed E-state index contributed by atoms with van der Waals surface area (Å²) in [6.07, 6.45) is 0. The minimum atomic E-state index is -0.437. The van der Waals surface area contributed by atoms with Gasteiger partial charge in [-0.2, -0.15) is 0 Å². The van der Waals surface area contributed by atoms with Gasteiger partial charge in [-0.3, -0.25) is 10.1 Å². The monoisotopic (exact) mass is 301 g/mol. The zero-order valence-electron chi connectivity index (χ0n) is 10.9. The van der Waals surface area contributed by atoms with Gasteiger partial charge in [0.1, 0.15) is 5.52 Å². The number of nitrogens with two attached hydrogens (primary N) is 1. The molecule has 0 spiro atoms. The van der Waals surface area contributed by atoms with Crippen molar-refractivity contribution in [1.29, 1.82) is 0 Å². The first kappa shape index (κ1) is 13.4. The number of anilines is 1. The molecule has 21 heavy (non-hydrogen) atoms. The lowest BCUT2D eigenvalue weighted by Gasteiger charge is -2.03. The van der Waals surface area contributed by atoms with Crippen LogP contribution in [0, 0.1) is 10.1 Å². The number of hydrogen-bond donors (Lipinski definition) is 1. The van der Waals surface area contributed by atoms with Crippen molar-refractivity contribution in [3.63, 3.8) is 0 Å². The van der Waals surface area contributed by atoms with E-state index in [0.717, 1.165) is 5.52 Å². The van der Waals surface area contributed by atoms with Gasteiger partial charge in [0, 0.05) is 23.6 Å². The largest absolute Gasteiger partial charge is 0.431 e. The van der Waals surface area contributed by atoms with Gasteiger partial charge in [-0.15, -0.1) is 0 Å². The third-order valence-corrected chi connectivity index (χ3v) is 3.84. The molecule has 2 N–H and O–H groups in total. The average molecular weight is 301 g/mol. The van der Waals surface area contributed by atoms with E-state index in [0.29, 0.717) is 27.8 Å². The summed E-state index contributed by atoms with van der Waals surface area (Å²) in [7, 11) is 0. The molecule has 106 valence electrons. The molecule has 7 heteroatoms. The molecule has 0 atom stereocenters. The third-order valence-electron chi connectivity index (χ3n) is 2.96. The molecule has 3 aromatic rings. The molecule has 0 saturated heterocycles. The fourth-order valence-electron chi connectivity index (χ4n) is 1.88. The third kappa shape index (κ3) is 2.82. The predicted octanol–water partition coefficient (Wildman–Crippen LogP) is 3.61. The van der Waals surface area contributed by atoms with Crippen molar-refractivity contribution in [2.45, 2.75) is 11.0 Å². The number of hydrogen-bond acceptors (Lipinski definition) is 6. The summed E-state index contributed by atoms with van der Waals surface area (Å²) in [6, 6.07) is 11.9. The highest BCUT2D eigenvalue weighted by atomic mass is 32.2. The topological polar surface area (TPSA) is 95.2 Å². The van der Waals surface area contributed by atoms with E-state index >= 15 is 0 Å². The van der Waals surface area contributed by atoms with E-state index in [4.69, 9.17) is 10.2 Å². The summed E-state index contributed by atoms with van der Waals surface area (Å²) in [5.74, 6) is 0.459. The van der Waals surface area contributed by atoms with Gasteiger partial charge in [0.25, 0.3) is 10.9 Å². The SMILES string of the molecule is Nc1ccc([N+](=O)[O-])cc1CSc1nc2ccccc2o1. The van der Waals surface area contributed by atoms with Crippen LogP contribution in [0.15, 0.2) is 52.1 Å². The van der Waals surface area contributed by atoms with E-state index in [1.165, 1.54) is 23.9 Å².